The maximum atomic E-state index is 13.2. The molecule has 1 atom stereocenters. The lowest BCUT2D eigenvalue weighted by Crippen LogP contribution is -2.34. The molecule has 3 aromatic rings. The zero-order chi connectivity index (χ0) is 21.5. The van der Waals surface area contributed by atoms with Gasteiger partial charge in [0.1, 0.15) is 5.39 Å². The molecule has 0 bridgehead atoms. The van der Waals surface area contributed by atoms with E-state index in [-0.39, 0.29) is 23.0 Å². The molecule has 8 heteroatoms. The average Bonchev–Trinajstić information content (AvgIpc) is 3.31. The van der Waals surface area contributed by atoms with Crippen LogP contribution in [-0.2, 0) is 16.9 Å². The van der Waals surface area contributed by atoms with Gasteiger partial charge < -0.3 is 4.90 Å². The molecule has 30 heavy (non-hydrogen) atoms. The number of amides is 1. The van der Waals surface area contributed by atoms with E-state index in [9.17, 15) is 9.59 Å². The van der Waals surface area contributed by atoms with Crippen molar-refractivity contribution in [3.63, 3.8) is 0 Å². The van der Waals surface area contributed by atoms with E-state index in [1.807, 2.05) is 62.9 Å². The number of rotatable bonds is 5. The summed E-state index contributed by atoms with van der Waals surface area (Å²) in [5.41, 5.74) is 1.33. The molecule has 0 aliphatic carbocycles. The van der Waals surface area contributed by atoms with Crippen LogP contribution in [0.25, 0.3) is 11.0 Å². The summed E-state index contributed by atoms with van der Waals surface area (Å²) in [6.45, 7) is 9.29. The Kier molecular flexibility index (Phi) is 5.44. The van der Waals surface area contributed by atoms with Gasteiger partial charge in [-0.1, -0.05) is 42.1 Å². The largest absolute Gasteiger partial charge is 0.339 e. The molecule has 0 radical (unpaired) electrons. The summed E-state index contributed by atoms with van der Waals surface area (Å²) in [5, 5.41) is 5.57. The summed E-state index contributed by atoms with van der Waals surface area (Å²) >= 11 is 1.53. The van der Waals surface area contributed by atoms with E-state index in [0.717, 1.165) is 5.56 Å². The second kappa shape index (κ2) is 7.91. The molecule has 0 N–H and O–H groups in total. The summed E-state index contributed by atoms with van der Waals surface area (Å²) in [7, 11) is 0. The van der Waals surface area contributed by atoms with Gasteiger partial charge in [-0.05, 0) is 33.3 Å². The molecule has 158 valence electrons. The van der Waals surface area contributed by atoms with Crippen LogP contribution >= 0.6 is 11.8 Å². The molecule has 0 fully saturated rings. The van der Waals surface area contributed by atoms with Crippen molar-refractivity contribution in [2.45, 2.75) is 57.4 Å². The molecular formula is C22H27N5O2S. The van der Waals surface area contributed by atoms with Crippen molar-refractivity contribution in [1.82, 2.24) is 24.2 Å². The third-order valence-corrected chi connectivity index (χ3v) is 6.46. The molecule has 3 heterocycles. The summed E-state index contributed by atoms with van der Waals surface area (Å²) in [6, 6.07) is 9.78. The van der Waals surface area contributed by atoms with Gasteiger partial charge in [0.05, 0.1) is 17.8 Å². The lowest BCUT2D eigenvalue weighted by Gasteiger charge is -2.23. The van der Waals surface area contributed by atoms with Gasteiger partial charge in [0.25, 0.3) is 5.56 Å². The Bertz CT molecular complexity index is 1130. The van der Waals surface area contributed by atoms with E-state index in [1.54, 1.807) is 15.4 Å². The van der Waals surface area contributed by atoms with Crippen molar-refractivity contribution in [3.05, 3.63) is 52.4 Å². The van der Waals surface area contributed by atoms with Gasteiger partial charge in [0.2, 0.25) is 5.91 Å². The summed E-state index contributed by atoms with van der Waals surface area (Å²) in [5.74, 6) is 0.726. The van der Waals surface area contributed by atoms with Crippen molar-refractivity contribution in [2.24, 2.45) is 0 Å². The highest BCUT2D eigenvalue weighted by Crippen LogP contribution is 2.34. The fourth-order valence-corrected chi connectivity index (χ4v) is 4.91. The van der Waals surface area contributed by atoms with Gasteiger partial charge in [-0.2, -0.15) is 5.10 Å². The van der Waals surface area contributed by atoms with Crippen molar-refractivity contribution < 1.29 is 4.79 Å². The van der Waals surface area contributed by atoms with Crippen molar-refractivity contribution in [2.75, 3.05) is 12.3 Å². The number of aromatic nitrogens is 4. The highest BCUT2D eigenvalue weighted by atomic mass is 32.2. The molecule has 1 aromatic carbocycles. The molecular weight excluding hydrogens is 398 g/mol. The highest BCUT2D eigenvalue weighted by Gasteiger charge is 2.31. The lowest BCUT2D eigenvalue weighted by molar-refractivity contribution is -0.132. The van der Waals surface area contributed by atoms with Gasteiger partial charge in [-0.3, -0.25) is 14.2 Å². The fourth-order valence-electron chi connectivity index (χ4n) is 3.78. The minimum Gasteiger partial charge on any atom is -0.339 e. The topological polar surface area (TPSA) is 73.0 Å². The Balaban J connectivity index is 1.60. The number of fused-ring (bicyclic) bond motifs is 2. The van der Waals surface area contributed by atoms with Crippen LogP contribution < -0.4 is 5.56 Å². The van der Waals surface area contributed by atoms with Crippen LogP contribution in [0.3, 0.4) is 0 Å². The normalized spacial score (nSPS) is 16.1. The Morgan fingerprint density at radius 3 is 2.67 bits per heavy atom. The number of benzene rings is 1. The monoisotopic (exact) mass is 425 g/mol. The SMILES string of the molecule is CCN(Cc1ccccc1)C(=O)CC1CSc2nc3c(cnn3C(C)(C)C)c(=O)n21. The second-order valence-corrected chi connectivity index (χ2v) is 9.58. The van der Waals surface area contributed by atoms with Crippen molar-refractivity contribution in [1.29, 1.82) is 0 Å². The summed E-state index contributed by atoms with van der Waals surface area (Å²) in [4.78, 5) is 32.8. The summed E-state index contributed by atoms with van der Waals surface area (Å²) in [6.07, 6.45) is 1.89. The standard InChI is InChI=1S/C22H27N5O2S/c1-5-25(13-15-9-7-6-8-10-15)18(28)11-16-14-30-21-24-19-17(20(29)26(16)21)12-23-27(19)22(2,3)4/h6-10,12,16H,5,11,13-14H2,1-4H3. The molecule has 0 spiro atoms. The smallest absolute Gasteiger partial charge is 0.265 e. The molecule has 1 amide bonds. The van der Waals surface area contributed by atoms with Crippen LogP contribution in [0.5, 0.6) is 0 Å². The predicted molar refractivity (Wildman–Crippen MR) is 119 cm³/mol. The van der Waals surface area contributed by atoms with Crippen LogP contribution in [-0.4, -0.2) is 42.4 Å². The Morgan fingerprint density at radius 2 is 2.00 bits per heavy atom. The highest BCUT2D eigenvalue weighted by molar-refractivity contribution is 7.99. The zero-order valence-corrected chi connectivity index (χ0v) is 18.6. The minimum atomic E-state index is -0.266. The van der Waals surface area contributed by atoms with Crippen molar-refractivity contribution >= 4 is 28.7 Å². The van der Waals surface area contributed by atoms with Gasteiger partial charge in [-0.15, -0.1) is 0 Å². The molecule has 0 saturated carbocycles. The molecule has 7 nitrogen and oxygen atoms in total. The Labute approximate surface area is 180 Å². The first-order valence-corrected chi connectivity index (χ1v) is 11.2. The van der Waals surface area contributed by atoms with Gasteiger partial charge in [-0.25, -0.2) is 9.67 Å². The van der Waals surface area contributed by atoms with E-state index >= 15 is 0 Å². The van der Waals surface area contributed by atoms with Crippen LogP contribution in [0.2, 0.25) is 0 Å². The molecule has 1 aliphatic heterocycles. The van der Waals surface area contributed by atoms with Crippen LogP contribution in [0.15, 0.2) is 46.5 Å². The summed E-state index contributed by atoms with van der Waals surface area (Å²) < 4.78 is 3.48. The number of hydrogen-bond donors (Lipinski definition) is 0. The molecule has 1 aliphatic rings. The number of hydrogen-bond acceptors (Lipinski definition) is 5. The fraction of sp³-hybridized carbons (Fsp3) is 0.455. The third-order valence-electron chi connectivity index (χ3n) is 5.37. The van der Waals surface area contributed by atoms with Crippen molar-refractivity contribution in [3.8, 4) is 0 Å². The maximum Gasteiger partial charge on any atom is 0.265 e. The number of carbonyl (C=O) groups excluding carboxylic acids is 1. The molecule has 0 saturated heterocycles. The molecule has 1 unspecified atom stereocenters. The van der Waals surface area contributed by atoms with E-state index in [0.29, 0.717) is 41.5 Å². The first-order valence-electron chi connectivity index (χ1n) is 10.2. The quantitative estimate of drug-likeness (QED) is 0.586. The average molecular weight is 426 g/mol. The van der Waals surface area contributed by atoms with Gasteiger partial charge in [0, 0.05) is 25.3 Å². The minimum absolute atomic E-state index is 0.0530. The third kappa shape index (κ3) is 3.76. The van der Waals surface area contributed by atoms with E-state index in [2.05, 4.69) is 5.10 Å². The van der Waals surface area contributed by atoms with Crippen LogP contribution in [0.1, 0.15) is 45.7 Å². The lowest BCUT2D eigenvalue weighted by atomic mass is 10.1. The molecule has 4 rings (SSSR count). The van der Waals surface area contributed by atoms with E-state index in [1.165, 1.54) is 11.8 Å². The Morgan fingerprint density at radius 1 is 1.27 bits per heavy atom. The Hall–Kier alpha value is -2.61. The first-order chi connectivity index (χ1) is 14.3. The first kappa shape index (κ1) is 20.7. The van der Waals surface area contributed by atoms with Crippen LogP contribution in [0, 0.1) is 0 Å². The molecule has 2 aromatic heterocycles. The number of nitrogens with zero attached hydrogens (tertiary/aromatic N) is 5. The zero-order valence-electron chi connectivity index (χ0n) is 17.8. The van der Waals surface area contributed by atoms with Gasteiger partial charge >= 0.3 is 0 Å². The van der Waals surface area contributed by atoms with Gasteiger partial charge in [0.15, 0.2) is 10.8 Å². The number of carbonyl (C=O) groups is 1. The van der Waals surface area contributed by atoms with E-state index < -0.39 is 0 Å². The predicted octanol–water partition coefficient (Wildman–Crippen LogP) is 3.43. The van der Waals surface area contributed by atoms with Crippen LogP contribution in [0.4, 0.5) is 0 Å². The van der Waals surface area contributed by atoms with E-state index in [4.69, 9.17) is 4.98 Å². The maximum absolute atomic E-state index is 13.2. The second-order valence-electron chi connectivity index (χ2n) is 8.60. The number of thioether (sulfide) groups is 1.